The second-order valence-electron chi connectivity index (χ2n) is 6.66. The fourth-order valence-corrected chi connectivity index (χ4v) is 3.69. The maximum absolute atomic E-state index is 13.2. The SMILES string of the molecule is O=C1CCCC2=C1C(c1ccccn1)n1nc(-c3ccc(F)cc3)nc1N2. The third-order valence-electron chi connectivity index (χ3n) is 4.94. The number of nitrogens with one attached hydrogen (secondary N) is 1. The summed E-state index contributed by atoms with van der Waals surface area (Å²) < 4.78 is 15.0. The largest absolute Gasteiger partial charge is 0.328 e. The first-order valence-electron chi connectivity index (χ1n) is 8.87. The van der Waals surface area contributed by atoms with Crippen molar-refractivity contribution >= 4 is 11.7 Å². The van der Waals surface area contributed by atoms with Gasteiger partial charge in [0, 0.05) is 29.5 Å². The molecule has 0 fully saturated rings. The second-order valence-corrected chi connectivity index (χ2v) is 6.66. The molecule has 27 heavy (non-hydrogen) atoms. The number of benzene rings is 1. The maximum atomic E-state index is 13.2. The van der Waals surface area contributed by atoms with E-state index >= 15 is 0 Å². The van der Waals surface area contributed by atoms with Crippen LogP contribution in [0.5, 0.6) is 0 Å². The molecule has 0 amide bonds. The van der Waals surface area contributed by atoms with Crippen LogP contribution in [-0.2, 0) is 4.79 Å². The molecule has 0 radical (unpaired) electrons. The predicted octanol–water partition coefficient (Wildman–Crippen LogP) is 3.50. The van der Waals surface area contributed by atoms with Gasteiger partial charge in [-0.2, -0.15) is 4.98 Å². The molecule has 3 aromatic rings. The lowest BCUT2D eigenvalue weighted by molar-refractivity contribution is -0.116. The summed E-state index contributed by atoms with van der Waals surface area (Å²) in [5, 5.41) is 7.91. The number of hydrogen-bond donors (Lipinski definition) is 1. The number of carbonyl (C=O) groups is 1. The zero-order valence-corrected chi connectivity index (χ0v) is 14.4. The molecule has 1 aromatic carbocycles. The molecule has 0 saturated heterocycles. The van der Waals surface area contributed by atoms with E-state index in [1.165, 1.54) is 12.1 Å². The molecule has 5 rings (SSSR count). The van der Waals surface area contributed by atoms with Crippen LogP contribution in [0.25, 0.3) is 11.4 Å². The van der Waals surface area contributed by atoms with Gasteiger partial charge in [-0.25, -0.2) is 9.07 Å². The van der Waals surface area contributed by atoms with Crippen LogP contribution >= 0.6 is 0 Å². The highest BCUT2D eigenvalue weighted by Gasteiger charge is 2.37. The van der Waals surface area contributed by atoms with Crippen molar-refractivity contribution in [2.45, 2.75) is 25.3 Å². The van der Waals surface area contributed by atoms with Crippen LogP contribution in [0.3, 0.4) is 0 Å². The fraction of sp³-hybridized carbons (Fsp3) is 0.200. The van der Waals surface area contributed by atoms with Gasteiger partial charge in [0.25, 0.3) is 0 Å². The van der Waals surface area contributed by atoms with Gasteiger partial charge in [-0.1, -0.05) is 6.07 Å². The average molecular weight is 361 g/mol. The van der Waals surface area contributed by atoms with Crippen LogP contribution in [-0.4, -0.2) is 25.5 Å². The third kappa shape index (κ3) is 2.63. The van der Waals surface area contributed by atoms with E-state index in [1.807, 2.05) is 18.2 Å². The Bertz CT molecular complexity index is 1060. The summed E-state index contributed by atoms with van der Waals surface area (Å²) in [6.45, 7) is 0. The highest BCUT2D eigenvalue weighted by Crippen LogP contribution is 2.39. The number of rotatable bonds is 2. The van der Waals surface area contributed by atoms with Gasteiger partial charge in [-0.15, -0.1) is 5.10 Å². The lowest BCUT2D eigenvalue weighted by Gasteiger charge is -2.31. The number of pyridine rings is 1. The van der Waals surface area contributed by atoms with Crippen LogP contribution < -0.4 is 5.32 Å². The van der Waals surface area contributed by atoms with Crippen molar-refractivity contribution < 1.29 is 9.18 Å². The molecular formula is C20H16FN5O. The Hall–Kier alpha value is -3.35. The molecule has 0 saturated carbocycles. The first kappa shape index (κ1) is 15.9. The van der Waals surface area contributed by atoms with E-state index < -0.39 is 6.04 Å². The molecule has 0 bridgehead atoms. The smallest absolute Gasteiger partial charge is 0.226 e. The fourth-order valence-electron chi connectivity index (χ4n) is 3.69. The normalized spacial score (nSPS) is 18.7. The summed E-state index contributed by atoms with van der Waals surface area (Å²) in [6, 6.07) is 11.3. The predicted molar refractivity (Wildman–Crippen MR) is 97.3 cm³/mol. The van der Waals surface area contributed by atoms with Crippen LogP contribution in [0.15, 0.2) is 59.9 Å². The van der Waals surface area contributed by atoms with E-state index in [2.05, 4.69) is 20.4 Å². The molecule has 2 aromatic heterocycles. The summed E-state index contributed by atoms with van der Waals surface area (Å²) in [4.78, 5) is 21.8. The minimum Gasteiger partial charge on any atom is -0.328 e. The number of hydrogen-bond acceptors (Lipinski definition) is 5. The van der Waals surface area contributed by atoms with Crippen LogP contribution in [0.2, 0.25) is 0 Å². The summed E-state index contributed by atoms with van der Waals surface area (Å²) in [6.07, 6.45) is 3.85. The number of Topliss-reactive ketones (excluding diaryl/α,β-unsaturated/α-hetero) is 1. The van der Waals surface area contributed by atoms with Gasteiger partial charge in [-0.3, -0.25) is 9.78 Å². The molecule has 1 N–H and O–H groups in total. The van der Waals surface area contributed by atoms with Crippen molar-refractivity contribution in [3.63, 3.8) is 0 Å². The molecule has 1 aliphatic carbocycles. The van der Waals surface area contributed by atoms with Gasteiger partial charge in [-0.05, 0) is 49.2 Å². The van der Waals surface area contributed by atoms with Gasteiger partial charge >= 0.3 is 0 Å². The number of allylic oxidation sites excluding steroid dienone is 2. The highest BCUT2D eigenvalue weighted by molar-refractivity contribution is 5.99. The Labute approximate surface area is 154 Å². The molecule has 1 atom stereocenters. The zero-order valence-electron chi connectivity index (χ0n) is 14.4. The van der Waals surface area contributed by atoms with E-state index in [0.717, 1.165) is 24.2 Å². The monoisotopic (exact) mass is 361 g/mol. The zero-order chi connectivity index (χ0) is 18.4. The van der Waals surface area contributed by atoms with E-state index in [1.54, 1.807) is 23.0 Å². The second kappa shape index (κ2) is 6.12. The first-order valence-corrected chi connectivity index (χ1v) is 8.87. The average Bonchev–Trinajstić information content (AvgIpc) is 3.11. The highest BCUT2D eigenvalue weighted by atomic mass is 19.1. The van der Waals surface area contributed by atoms with E-state index in [9.17, 15) is 9.18 Å². The lowest BCUT2D eigenvalue weighted by Crippen LogP contribution is -2.32. The van der Waals surface area contributed by atoms with Crippen molar-refractivity contribution in [3.05, 3.63) is 71.4 Å². The van der Waals surface area contributed by atoms with E-state index in [-0.39, 0.29) is 11.6 Å². The maximum Gasteiger partial charge on any atom is 0.226 e. The summed E-state index contributed by atoms with van der Waals surface area (Å²) in [5.41, 5.74) is 3.07. The summed E-state index contributed by atoms with van der Waals surface area (Å²) in [7, 11) is 0. The summed E-state index contributed by atoms with van der Waals surface area (Å²) in [5.74, 6) is 0.850. The van der Waals surface area contributed by atoms with Crippen molar-refractivity contribution in [3.8, 4) is 11.4 Å². The van der Waals surface area contributed by atoms with Gasteiger partial charge in [0.15, 0.2) is 11.6 Å². The number of halogens is 1. The minimum absolute atomic E-state index is 0.115. The van der Waals surface area contributed by atoms with Gasteiger partial charge in [0.2, 0.25) is 5.95 Å². The number of fused-ring (bicyclic) bond motifs is 1. The van der Waals surface area contributed by atoms with Gasteiger partial charge in [0.05, 0.1) is 5.69 Å². The Morgan fingerprint density at radius 3 is 2.74 bits per heavy atom. The molecule has 6 nitrogen and oxygen atoms in total. The molecule has 1 unspecified atom stereocenters. The Balaban J connectivity index is 1.67. The molecule has 1 aliphatic heterocycles. The van der Waals surface area contributed by atoms with E-state index in [0.29, 0.717) is 29.3 Å². The molecular weight excluding hydrogens is 345 g/mol. The van der Waals surface area contributed by atoms with Crippen LogP contribution in [0.4, 0.5) is 10.3 Å². The van der Waals surface area contributed by atoms with Crippen molar-refractivity contribution in [1.29, 1.82) is 0 Å². The van der Waals surface area contributed by atoms with Gasteiger partial charge in [0.1, 0.15) is 11.9 Å². The standard InChI is InChI=1S/C20H16FN5O/c21-13-9-7-12(8-10-13)19-24-20-23-14-5-3-6-16(27)17(14)18(26(20)25-19)15-4-1-2-11-22-15/h1-2,4,7-11,18H,3,5-6H2,(H,23,24,25). The van der Waals surface area contributed by atoms with Crippen molar-refractivity contribution in [2.24, 2.45) is 0 Å². The van der Waals surface area contributed by atoms with Crippen molar-refractivity contribution in [1.82, 2.24) is 19.7 Å². The Morgan fingerprint density at radius 1 is 1.11 bits per heavy atom. The Kier molecular flexibility index (Phi) is 3.60. The Morgan fingerprint density at radius 2 is 1.96 bits per heavy atom. The molecule has 2 aliphatic rings. The minimum atomic E-state index is -0.410. The van der Waals surface area contributed by atoms with Gasteiger partial charge < -0.3 is 5.32 Å². The number of aromatic nitrogens is 4. The lowest BCUT2D eigenvalue weighted by atomic mass is 9.87. The number of nitrogens with zero attached hydrogens (tertiary/aromatic N) is 4. The number of anilines is 1. The third-order valence-corrected chi connectivity index (χ3v) is 4.94. The first-order chi connectivity index (χ1) is 13.2. The topological polar surface area (TPSA) is 72.7 Å². The quantitative estimate of drug-likeness (QED) is 0.756. The number of carbonyl (C=O) groups excluding carboxylic acids is 1. The van der Waals surface area contributed by atoms with E-state index in [4.69, 9.17) is 0 Å². The molecule has 0 spiro atoms. The van der Waals surface area contributed by atoms with Crippen molar-refractivity contribution in [2.75, 3.05) is 5.32 Å². The molecule has 7 heteroatoms. The summed E-state index contributed by atoms with van der Waals surface area (Å²) >= 11 is 0. The van der Waals surface area contributed by atoms with Crippen LogP contribution in [0, 0.1) is 5.82 Å². The number of ketones is 1. The molecule has 134 valence electrons. The van der Waals surface area contributed by atoms with Crippen LogP contribution in [0.1, 0.15) is 31.0 Å². The molecule has 3 heterocycles.